The molecule has 0 aromatic rings. The van der Waals surface area contributed by atoms with E-state index in [0.29, 0.717) is 0 Å². The molecular formula is C16H30N2. The standard InChI is InChI=1S/C16H30N2/c1-2-3-4-5-7-13-18-14-8-6-11-16(18)15-10-9-12-17-15/h2,15-17H,1,3-14H2. The van der Waals surface area contributed by atoms with Crippen LogP contribution in [0, 0.1) is 0 Å². The predicted octanol–water partition coefficient (Wildman–Crippen LogP) is 3.34. The van der Waals surface area contributed by atoms with Gasteiger partial charge in [0, 0.05) is 12.1 Å². The summed E-state index contributed by atoms with van der Waals surface area (Å²) in [6.45, 7) is 7.70. The lowest BCUT2D eigenvalue weighted by atomic mass is 9.94. The fraction of sp³-hybridized carbons (Fsp3) is 0.875. The molecular weight excluding hydrogens is 220 g/mol. The molecule has 1 N–H and O–H groups in total. The Kier molecular flexibility index (Phi) is 6.22. The fourth-order valence-electron chi connectivity index (χ4n) is 3.57. The number of hydrogen-bond donors (Lipinski definition) is 1. The topological polar surface area (TPSA) is 15.3 Å². The van der Waals surface area contributed by atoms with Gasteiger partial charge in [0.1, 0.15) is 0 Å². The Morgan fingerprint density at radius 3 is 2.83 bits per heavy atom. The summed E-state index contributed by atoms with van der Waals surface area (Å²) in [5.41, 5.74) is 0. The number of piperidine rings is 1. The highest BCUT2D eigenvalue weighted by molar-refractivity contribution is 4.90. The molecule has 0 amide bonds. The van der Waals surface area contributed by atoms with Gasteiger partial charge < -0.3 is 5.32 Å². The maximum atomic E-state index is 3.79. The lowest BCUT2D eigenvalue weighted by molar-refractivity contribution is 0.117. The maximum absolute atomic E-state index is 3.79. The molecule has 0 aromatic carbocycles. The van der Waals surface area contributed by atoms with Crippen molar-refractivity contribution in [1.82, 2.24) is 10.2 Å². The van der Waals surface area contributed by atoms with E-state index in [9.17, 15) is 0 Å². The molecule has 0 spiro atoms. The van der Waals surface area contributed by atoms with Crippen molar-refractivity contribution in [3.8, 4) is 0 Å². The highest BCUT2D eigenvalue weighted by Gasteiger charge is 2.30. The van der Waals surface area contributed by atoms with Crippen LogP contribution < -0.4 is 5.32 Å². The highest BCUT2D eigenvalue weighted by Crippen LogP contribution is 2.24. The largest absolute Gasteiger partial charge is 0.312 e. The number of unbranched alkanes of at least 4 members (excludes halogenated alkanes) is 3. The molecule has 2 nitrogen and oxygen atoms in total. The molecule has 2 fully saturated rings. The summed E-state index contributed by atoms with van der Waals surface area (Å²) in [5.74, 6) is 0. The second-order valence-electron chi connectivity index (χ2n) is 5.94. The van der Waals surface area contributed by atoms with Crippen molar-refractivity contribution in [2.75, 3.05) is 19.6 Å². The molecule has 2 rings (SSSR count). The van der Waals surface area contributed by atoms with E-state index in [4.69, 9.17) is 0 Å². The van der Waals surface area contributed by atoms with E-state index in [2.05, 4.69) is 16.8 Å². The Bertz CT molecular complexity index is 233. The molecule has 2 heteroatoms. The number of likely N-dealkylation sites (tertiary alicyclic amines) is 1. The van der Waals surface area contributed by atoms with E-state index in [1.165, 1.54) is 77.4 Å². The molecule has 18 heavy (non-hydrogen) atoms. The lowest BCUT2D eigenvalue weighted by Gasteiger charge is -2.39. The van der Waals surface area contributed by atoms with Crippen molar-refractivity contribution < 1.29 is 0 Å². The quantitative estimate of drug-likeness (QED) is 0.551. The average Bonchev–Trinajstić information content (AvgIpc) is 2.93. The first-order chi connectivity index (χ1) is 8.92. The van der Waals surface area contributed by atoms with Gasteiger partial charge in [-0.15, -0.1) is 6.58 Å². The third-order valence-electron chi connectivity index (χ3n) is 4.58. The zero-order valence-electron chi connectivity index (χ0n) is 11.9. The summed E-state index contributed by atoms with van der Waals surface area (Å²) in [4.78, 5) is 2.78. The maximum Gasteiger partial charge on any atom is 0.0249 e. The summed E-state index contributed by atoms with van der Waals surface area (Å²) in [5, 5.41) is 3.71. The number of rotatable bonds is 7. The van der Waals surface area contributed by atoms with E-state index in [0.717, 1.165) is 12.1 Å². The minimum atomic E-state index is 0.790. The van der Waals surface area contributed by atoms with Crippen LogP contribution in [0.2, 0.25) is 0 Å². The van der Waals surface area contributed by atoms with Gasteiger partial charge in [-0.2, -0.15) is 0 Å². The Balaban J connectivity index is 1.71. The first-order valence-electron chi connectivity index (χ1n) is 8.00. The molecule has 0 saturated carbocycles. The highest BCUT2D eigenvalue weighted by atomic mass is 15.2. The van der Waals surface area contributed by atoms with Crippen molar-refractivity contribution in [2.45, 2.75) is 69.9 Å². The van der Waals surface area contributed by atoms with Gasteiger partial charge in [-0.05, 0) is 64.6 Å². The summed E-state index contributed by atoms with van der Waals surface area (Å²) in [6.07, 6.45) is 14.4. The third-order valence-corrected chi connectivity index (χ3v) is 4.58. The minimum Gasteiger partial charge on any atom is -0.312 e. The van der Waals surface area contributed by atoms with Gasteiger partial charge in [-0.25, -0.2) is 0 Å². The van der Waals surface area contributed by atoms with Crippen molar-refractivity contribution in [3.05, 3.63) is 12.7 Å². The van der Waals surface area contributed by atoms with Gasteiger partial charge in [0.2, 0.25) is 0 Å². The second kappa shape index (κ2) is 7.96. The first-order valence-corrected chi connectivity index (χ1v) is 8.00. The monoisotopic (exact) mass is 250 g/mol. The fourth-order valence-corrected chi connectivity index (χ4v) is 3.57. The predicted molar refractivity (Wildman–Crippen MR) is 78.9 cm³/mol. The zero-order valence-corrected chi connectivity index (χ0v) is 11.9. The van der Waals surface area contributed by atoms with Gasteiger partial charge in [-0.3, -0.25) is 4.90 Å². The number of allylic oxidation sites excluding steroid dienone is 1. The van der Waals surface area contributed by atoms with E-state index in [-0.39, 0.29) is 0 Å². The second-order valence-corrected chi connectivity index (χ2v) is 5.94. The van der Waals surface area contributed by atoms with Crippen molar-refractivity contribution in [2.24, 2.45) is 0 Å². The molecule has 0 bridgehead atoms. The SMILES string of the molecule is C=CCCCCCN1CCCCC1C1CCCN1. The number of nitrogens with zero attached hydrogens (tertiary/aromatic N) is 1. The first kappa shape index (κ1) is 14.1. The zero-order chi connectivity index (χ0) is 12.6. The third kappa shape index (κ3) is 4.10. The Morgan fingerprint density at radius 2 is 2.06 bits per heavy atom. The molecule has 2 aliphatic rings. The van der Waals surface area contributed by atoms with Gasteiger partial charge in [0.15, 0.2) is 0 Å². The summed E-state index contributed by atoms with van der Waals surface area (Å²) < 4.78 is 0. The molecule has 0 radical (unpaired) electrons. The molecule has 0 aliphatic carbocycles. The van der Waals surface area contributed by atoms with Crippen LogP contribution in [0.4, 0.5) is 0 Å². The van der Waals surface area contributed by atoms with Crippen molar-refractivity contribution in [3.63, 3.8) is 0 Å². The van der Waals surface area contributed by atoms with Crippen LogP contribution in [0.25, 0.3) is 0 Å². The smallest absolute Gasteiger partial charge is 0.0249 e. The van der Waals surface area contributed by atoms with Gasteiger partial charge in [0.05, 0.1) is 0 Å². The van der Waals surface area contributed by atoms with Gasteiger partial charge in [-0.1, -0.05) is 18.9 Å². The van der Waals surface area contributed by atoms with Crippen LogP contribution in [0.15, 0.2) is 12.7 Å². The molecule has 0 aromatic heterocycles. The summed E-state index contributed by atoms with van der Waals surface area (Å²) in [7, 11) is 0. The number of nitrogens with one attached hydrogen (secondary N) is 1. The lowest BCUT2D eigenvalue weighted by Crippen LogP contribution is -2.50. The van der Waals surface area contributed by atoms with Crippen LogP contribution in [-0.2, 0) is 0 Å². The Morgan fingerprint density at radius 1 is 1.11 bits per heavy atom. The minimum absolute atomic E-state index is 0.790. The normalized spacial score (nSPS) is 29.6. The van der Waals surface area contributed by atoms with E-state index in [1.807, 2.05) is 6.08 Å². The van der Waals surface area contributed by atoms with Crippen LogP contribution in [0.5, 0.6) is 0 Å². The van der Waals surface area contributed by atoms with E-state index >= 15 is 0 Å². The van der Waals surface area contributed by atoms with Gasteiger partial charge >= 0.3 is 0 Å². The average molecular weight is 250 g/mol. The summed E-state index contributed by atoms with van der Waals surface area (Å²) in [6, 6.07) is 1.62. The van der Waals surface area contributed by atoms with E-state index < -0.39 is 0 Å². The molecule has 2 saturated heterocycles. The number of hydrogen-bond acceptors (Lipinski definition) is 2. The molecule has 2 aliphatic heterocycles. The van der Waals surface area contributed by atoms with Crippen LogP contribution >= 0.6 is 0 Å². The Hall–Kier alpha value is -0.340. The summed E-state index contributed by atoms with van der Waals surface area (Å²) >= 11 is 0. The molecule has 104 valence electrons. The molecule has 2 heterocycles. The molecule has 2 atom stereocenters. The Labute approximate surface area is 113 Å². The van der Waals surface area contributed by atoms with Crippen LogP contribution in [-0.4, -0.2) is 36.6 Å². The van der Waals surface area contributed by atoms with Crippen molar-refractivity contribution in [1.29, 1.82) is 0 Å². The molecule has 2 unspecified atom stereocenters. The van der Waals surface area contributed by atoms with Crippen LogP contribution in [0.1, 0.15) is 57.8 Å². The van der Waals surface area contributed by atoms with Gasteiger partial charge in [0.25, 0.3) is 0 Å². The van der Waals surface area contributed by atoms with E-state index in [1.54, 1.807) is 0 Å². The van der Waals surface area contributed by atoms with Crippen LogP contribution in [0.3, 0.4) is 0 Å². The van der Waals surface area contributed by atoms with Crippen molar-refractivity contribution >= 4 is 0 Å².